The number of aromatic nitrogens is 2. The van der Waals surface area contributed by atoms with Gasteiger partial charge >= 0.3 is 0 Å². The summed E-state index contributed by atoms with van der Waals surface area (Å²) in [5.74, 6) is -0.104. The molecule has 17 heavy (non-hydrogen) atoms. The Kier molecular flexibility index (Phi) is 3.72. The lowest BCUT2D eigenvalue weighted by Gasteiger charge is -1.98. The molecule has 2 heterocycles. The standard InChI is InChI=1S/C12H13N3OS/c1-9-5-7-17-11(9)2-3-12(16)13-8-10-4-6-14-15-10/h2-7H,8H2,1H3,(H,13,16)(H,14,15)/b3-2+. The van der Waals surface area contributed by atoms with Crippen LogP contribution in [0, 0.1) is 6.92 Å². The van der Waals surface area contributed by atoms with E-state index < -0.39 is 0 Å². The maximum Gasteiger partial charge on any atom is 0.244 e. The number of H-pyrrole nitrogens is 1. The molecule has 0 aromatic carbocycles. The molecular formula is C12H13N3OS. The van der Waals surface area contributed by atoms with Gasteiger partial charge in [-0.3, -0.25) is 9.89 Å². The highest BCUT2D eigenvalue weighted by Crippen LogP contribution is 2.16. The molecule has 0 aliphatic heterocycles. The zero-order chi connectivity index (χ0) is 12.1. The van der Waals surface area contributed by atoms with Gasteiger partial charge < -0.3 is 5.32 Å². The summed E-state index contributed by atoms with van der Waals surface area (Å²) in [7, 11) is 0. The van der Waals surface area contributed by atoms with Crippen molar-refractivity contribution in [3.63, 3.8) is 0 Å². The number of nitrogens with zero attached hydrogens (tertiary/aromatic N) is 1. The molecule has 0 radical (unpaired) electrons. The summed E-state index contributed by atoms with van der Waals surface area (Å²) in [4.78, 5) is 12.6. The van der Waals surface area contributed by atoms with Crippen molar-refractivity contribution < 1.29 is 4.79 Å². The molecule has 0 spiro atoms. The van der Waals surface area contributed by atoms with E-state index in [4.69, 9.17) is 0 Å². The number of hydrogen-bond donors (Lipinski definition) is 2. The van der Waals surface area contributed by atoms with Crippen molar-refractivity contribution in [2.75, 3.05) is 0 Å². The first-order valence-corrected chi connectivity index (χ1v) is 6.12. The average Bonchev–Trinajstić information content (AvgIpc) is 2.95. The van der Waals surface area contributed by atoms with Crippen molar-refractivity contribution in [2.45, 2.75) is 13.5 Å². The van der Waals surface area contributed by atoms with Crippen LogP contribution in [0.5, 0.6) is 0 Å². The van der Waals surface area contributed by atoms with Crippen molar-refractivity contribution in [2.24, 2.45) is 0 Å². The Morgan fingerprint density at radius 1 is 1.59 bits per heavy atom. The molecule has 0 aliphatic carbocycles. The molecule has 0 aliphatic rings. The Hall–Kier alpha value is -1.88. The second-order valence-corrected chi connectivity index (χ2v) is 4.55. The topological polar surface area (TPSA) is 57.8 Å². The molecule has 4 nitrogen and oxygen atoms in total. The van der Waals surface area contributed by atoms with Crippen LogP contribution in [-0.2, 0) is 11.3 Å². The quantitative estimate of drug-likeness (QED) is 0.813. The Balaban J connectivity index is 1.85. The van der Waals surface area contributed by atoms with E-state index in [1.807, 2.05) is 30.5 Å². The lowest BCUT2D eigenvalue weighted by molar-refractivity contribution is -0.116. The molecule has 0 saturated heterocycles. The Morgan fingerprint density at radius 3 is 3.12 bits per heavy atom. The summed E-state index contributed by atoms with van der Waals surface area (Å²) >= 11 is 1.62. The van der Waals surface area contributed by atoms with Crippen molar-refractivity contribution in [3.05, 3.63) is 45.9 Å². The monoisotopic (exact) mass is 247 g/mol. The highest BCUT2D eigenvalue weighted by Gasteiger charge is 1.99. The second-order valence-electron chi connectivity index (χ2n) is 3.60. The molecule has 2 N–H and O–H groups in total. The minimum absolute atomic E-state index is 0.104. The largest absolute Gasteiger partial charge is 0.347 e. The fraction of sp³-hybridized carbons (Fsp3) is 0.167. The van der Waals surface area contributed by atoms with Gasteiger partial charge in [0.25, 0.3) is 0 Å². The van der Waals surface area contributed by atoms with Gasteiger partial charge in [0, 0.05) is 17.2 Å². The first-order chi connectivity index (χ1) is 8.25. The van der Waals surface area contributed by atoms with Gasteiger partial charge in [0.15, 0.2) is 0 Å². The Labute approximate surface area is 103 Å². The van der Waals surface area contributed by atoms with Crippen molar-refractivity contribution in [3.8, 4) is 0 Å². The van der Waals surface area contributed by atoms with Gasteiger partial charge in [-0.2, -0.15) is 5.10 Å². The first kappa shape index (κ1) is 11.6. The zero-order valence-electron chi connectivity index (χ0n) is 9.43. The molecule has 0 bridgehead atoms. The second kappa shape index (κ2) is 5.45. The fourth-order valence-corrected chi connectivity index (χ4v) is 2.15. The Morgan fingerprint density at radius 2 is 2.47 bits per heavy atom. The van der Waals surface area contributed by atoms with Gasteiger partial charge in [0.2, 0.25) is 5.91 Å². The summed E-state index contributed by atoms with van der Waals surface area (Å²) in [5, 5.41) is 11.4. The molecule has 0 saturated carbocycles. The molecule has 88 valence electrons. The summed E-state index contributed by atoms with van der Waals surface area (Å²) < 4.78 is 0. The van der Waals surface area contributed by atoms with Gasteiger partial charge in [-0.1, -0.05) is 0 Å². The van der Waals surface area contributed by atoms with Crippen LogP contribution in [0.4, 0.5) is 0 Å². The third-order valence-electron chi connectivity index (χ3n) is 2.30. The molecule has 5 heteroatoms. The number of hydrogen-bond acceptors (Lipinski definition) is 3. The molecule has 2 aromatic heterocycles. The molecule has 0 unspecified atom stereocenters. The third-order valence-corrected chi connectivity index (χ3v) is 3.28. The van der Waals surface area contributed by atoms with Crippen LogP contribution >= 0.6 is 11.3 Å². The SMILES string of the molecule is Cc1ccsc1/C=C/C(=O)NCc1ccn[nH]1. The molecule has 2 rings (SSSR count). The molecule has 2 aromatic rings. The summed E-state index contributed by atoms with van der Waals surface area (Å²) in [6, 6.07) is 3.86. The maximum absolute atomic E-state index is 11.5. The number of nitrogens with one attached hydrogen (secondary N) is 2. The predicted octanol–water partition coefficient (Wildman–Crippen LogP) is 2.11. The lowest BCUT2D eigenvalue weighted by atomic mass is 10.3. The number of rotatable bonds is 4. The maximum atomic E-state index is 11.5. The third kappa shape index (κ3) is 3.29. The van der Waals surface area contributed by atoms with Gasteiger partial charge in [0.1, 0.15) is 0 Å². The molecule has 1 amide bonds. The number of carbonyl (C=O) groups is 1. The average molecular weight is 247 g/mol. The highest BCUT2D eigenvalue weighted by atomic mass is 32.1. The van der Waals surface area contributed by atoms with Crippen molar-refractivity contribution in [1.29, 1.82) is 0 Å². The predicted molar refractivity (Wildman–Crippen MR) is 68.5 cm³/mol. The van der Waals surface area contributed by atoms with Crippen LogP contribution < -0.4 is 5.32 Å². The number of carbonyl (C=O) groups excluding carboxylic acids is 1. The van der Waals surface area contributed by atoms with E-state index in [0.29, 0.717) is 6.54 Å². The van der Waals surface area contributed by atoms with Crippen molar-refractivity contribution in [1.82, 2.24) is 15.5 Å². The minimum Gasteiger partial charge on any atom is -0.347 e. The summed E-state index contributed by atoms with van der Waals surface area (Å²) in [5.41, 5.74) is 2.08. The number of amides is 1. The summed E-state index contributed by atoms with van der Waals surface area (Å²) in [6.07, 6.45) is 5.05. The number of aryl methyl sites for hydroxylation is 1. The van der Waals surface area contributed by atoms with Crippen LogP contribution in [0.25, 0.3) is 6.08 Å². The van der Waals surface area contributed by atoms with E-state index in [1.54, 1.807) is 23.6 Å². The van der Waals surface area contributed by atoms with E-state index in [2.05, 4.69) is 15.5 Å². The van der Waals surface area contributed by atoms with E-state index in [-0.39, 0.29) is 5.91 Å². The minimum atomic E-state index is -0.104. The first-order valence-electron chi connectivity index (χ1n) is 5.24. The lowest BCUT2D eigenvalue weighted by Crippen LogP contribution is -2.20. The smallest absolute Gasteiger partial charge is 0.244 e. The fourth-order valence-electron chi connectivity index (χ4n) is 1.33. The van der Waals surface area contributed by atoms with Gasteiger partial charge in [0.05, 0.1) is 12.2 Å². The van der Waals surface area contributed by atoms with Gasteiger partial charge in [-0.25, -0.2) is 0 Å². The van der Waals surface area contributed by atoms with Crippen LogP contribution in [-0.4, -0.2) is 16.1 Å². The zero-order valence-corrected chi connectivity index (χ0v) is 10.3. The van der Waals surface area contributed by atoms with Gasteiger partial charge in [-0.05, 0) is 36.1 Å². The summed E-state index contributed by atoms with van der Waals surface area (Å²) in [6.45, 7) is 2.49. The molecule has 0 fully saturated rings. The van der Waals surface area contributed by atoms with E-state index in [0.717, 1.165) is 10.6 Å². The normalized spacial score (nSPS) is 10.9. The van der Waals surface area contributed by atoms with Gasteiger partial charge in [-0.15, -0.1) is 11.3 Å². The number of thiophene rings is 1. The van der Waals surface area contributed by atoms with Crippen LogP contribution in [0.1, 0.15) is 16.1 Å². The highest BCUT2D eigenvalue weighted by molar-refractivity contribution is 7.11. The van der Waals surface area contributed by atoms with Crippen LogP contribution in [0.15, 0.2) is 29.8 Å². The number of aromatic amines is 1. The van der Waals surface area contributed by atoms with Crippen LogP contribution in [0.3, 0.4) is 0 Å². The molecule has 0 atom stereocenters. The van der Waals surface area contributed by atoms with Crippen LogP contribution in [0.2, 0.25) is 0 Å². The Bertz CT molecular complexity index is 514. The van der Waals surface area contributed by atoms with Crippen molar-refractivity contribution >= 4 is 23.3 Å². The van der Waals surface area contributed by atoms with E-state index >= 15 is 0 Å². The molecular weight excluding hydrogens is 234 g/mol. The van der Waals surface area contributed by atoms with E-state index in [1.165, 1.54) is 5.56 Å². The van der Waals surface area contributed by atoms with E-state index in [9.17, 15) is 4.79 Å².